The van der Waals surface area contributed by atoms with E-state index in [0.717, 1.165) is 4.43 Å². The number of unbranched alkanes of at least 4 members (excludes halogenated alkanes) is 1. The van der Waals surface area contributed by atoms with Crippen molar-refractivity contribution >= 4 is 54.5 Å². The Hall–Kier alpha value is -3.30. The topological polar surface area (TPSA) is 192 Å². The summed E-state index contributed by atoms with van der Waals surface area (Å²) < 4.78 is 5.52. The van der Waals surface area contributed by atoms with Crippen molar-refractivity contribution in [3.8, 4) is 0 Å². The van der Waals surface area contributed by atoms with Crippen LogP contribution in [0, 0.1) is 0 Å². The van der Waals surface area contributed by atoms with Gasteiger partial charge in [-0.25, -0.2) is 9.59 Å². The van der Waals surface area contributed by atoms with Gasteiger partial charge in [-0.1, -0.05) is 0 Å². The number of hydrogen-bond acceptors (Lipinski definition) is 7. The van der Waals surface area contributed by atoms with E-state index < -0.39 is 49.0 Å². The number of carbonyl (C=O) groups is 5. The fourth-order valence-corrected chi connectivity index (χ4v) is 3.01. The number of alkyl carbamates (subject to hydrolysis) is 1. The molecule has 2 amide bonds. The Bertz CT molecular complexity index is 862. The molecule has 0 saturated carbocycles. The Morgan fingerprint density at radius 2 is 1.78 bits per heavy atom. The van der Waals surface area contributed by atoms with E-state index in [4.69, 9.17) is 10.2 Å². The van der Waals surface area contributed by atoms with Gasteiger partial charge in [-0.2, -0.15) is 0 Å². The third kappa shape index (κ3) is 10.1. The molecule has 0 aliphatic heterocycles. The van der Waals surface area contributed by atoms with Crippen LogP contribution in [0.5, 0.6) is 0 Å². The molecule has 1 aromatic rings. The van der Waals surface area contributed by atoms with Gasteiger partial charge in [-0.3, -0.25) is 4.79 Å². The summed E-state index contributed by atoms with van der Waals surface area (Å²) in [5.41, 5.74) is 0.405. The molecule has 2 atom stereocenters. The Labute approximate surface area is 189 Å². The van der Waals surface area contributed by atoms with E-state index in [-0.39, 0.29) is 33.7 Å². The maximum atomic E-state index is 12.1. The monoisotopic (exact) mass is 465 g/mol. The fourth-order valence-electron chi connectivity index (χ4n) is 2.52. The molecule has 1 aromatic heterocycles. The van der Waals surface area contributed by atoms with Crippen LogP contribution in [0.4, 0.5) is 4.79 Å². The molecule has 0 radical (unpaired) electrons. The first-order chi connectivity index (χ1) is 15.1. The molecule has 0 saturated heterocycles. The Morgan fingerprint density at radius 3 is 2.38 bits per heavy atom. The second kappa shape index (κ2) is 13.9. The zero-order chi connectivity index (χ0) is 24.1. The third-order valence-corrected chi connectivity index (χ3v) is 4.98. The Kier molecular flexibility index (Phi) is 11.6. The number of aromatic nitrogens is 1. The molecular weight excluding hydrogens is 441 g/mol. The Morgan fingerprint density at radius 1 is 1.06 bits per heavy atom. The minimum absolute atomic E-state index is 0.00900. The average Bonchev–Trinajstić information content (AvgIpc) is 2.74. The van der Waals surface area contributed by atoms with Gasteiger partial charge in [0.05, 0.1) is 0 Å². The number of aliphatic carboxylic acids is 3. The van der Waals surface area contributed by atoms with Gasteiger partial charge in [0.25, 0.3) is 0 Å². The Balaban J connectivity index is 2.44. The predicted molar refractivity (Wildman–Crippen MR) is 112 cm³/mol. The van der Waals surface area contributed by atoms with E-state index in [1.165, 1.54) is 6.20 Å². The fraction of sp³-hybridized carbons (Fsp3) is 0.421. The number of carbonyl (C=O) groups excluding carboxylic acids is 2. The minimum atomic E-state index is -1.71. The summed E-state index contributed by atoms with van der Waals surface area (Å²) in [6.45, 7) is 0.271. The number of pyridine rings is 1. The molecule has 12 nitrogen and oxygen atoms in total. The first-order valence-corrected chi connectivity index (χ1v) is 11.0. The normalized spacial score (nSPS) is 12.0. The third-order valence-electron chi connectivity index (χ3n) is 4.20. The number of ether oxygens (including phenoxy) is 1. The van der Waals surface area contributed by atoms with Gasteiger partial charge in [0.2, 0.25) is 6.10 Å². The standard InChI is InChI=1S/C18H22N3O9.CH2.Al/c22-14(23)7-6-13(17(27)28)30-18(29)21-12(16(25)26)5-1-2-9-20-15(24)11-4-3-8-19-10-11;;/h4,8,10,12-13H,1-2,5-7,9H2,(H,20,24)(H,21,29)(H,22,23)(H,25,26)(H,27,28);1H2;/t12-,13-;;/m0../s1. The molecule has 172 valence electrons. The summed E-state index contributed by atoms with van der Waals surface area (Å²) >= 11 is -0.215. The van der Waals surface area contributed by atoms with Crippen LogP contribution in [0.3, 0.4) is 0 Å². The summed E-state index contributed by atoms with van der Waals surface area (Å²) in [7, 11) is 0. The molecule has 0 unspecified atom stereocenters. The predicted octanol–water partition coefficient (Wildman–Crippen LogP) is -0.759. The van der Waals surface area contributed by atoms with Crippen molar-refractivity contribution in [2.45, 2.75) is 44.2 Å². The van der Waals surface area contributed by atoms with Crippen molar-refractivity contribution in [3.63, 3.8) is 0 Å². The molecule has 13 heteroatoms. The van der Waals surface area contributed by atoms with Crippen LogP contribution in [0.15, 0.2) is 18.5 Å². The van der Waals surface area contributed by atoms with E-state index in [1.54, 1.807) is 12.3 Å². The number of hydrogen-bond donors (Lipinski definition) is 5. The zero-order valence-electron chi connectivity index (χ0n) is 17.2. The quantitative estimate of drug-likeness (QED) is 0.172. The number of carboxylic acid groups (broad SMARTS) is 3. The average molecular weight is 465 g/mol. The molecule has 0 aliphatic carbocycles. The van der Waals surface area contributed by atoms with E-state index >= 15 is 0 Å². The first kappa shape index (κ1) is 26.7. The SMILES string of the molecule is [CH2]=[Al][c]1cncc(C(=O)NCCCC[C@H](NC(=O)O[C@@H](CCC(=O)O)C(=O)O)C(=O)O)c1. The zero-order valence-corrected chi connectivity index (χ0v) is 18.3. The van der Waals surface area contributed by atoms with Gasteiger partial charge in [0.15, 0.2) is 0 Å². The summed E-state index contributed by atoms with van der Waals surface area (Å²) in [5.74, 6) is -4.46. The van der Waals surface area contributed by atoms with E-state index in [1.807, 2.05) is 0 Å². The van der Waals surface area contributed by atoms with Crippen molar-refractivity contribution in [1.82, 2.24) is 15.6 Å². The van der Waals surface area contributed by atoms with Crippen molar-refractivity contribution in [3.05, 3.63) is 24.0 Å². The molecule has 0 aliphatic rings. The van der Waals surface area contributed by atoms with E-state index in [9.17, 15) is 29.1 Å². The van der Waals surface area contributed by atoms with Crippen LogP contribution >= 0.6 is 0 Å². The summed E-state index contributed by atoms with van der Waals surface area (Å²) in [5, 5.41) is 35.4. The molecule has 0 bridgehead atoms. The molecule has 0 spiro atoms. The van der Waals surface area contributed by atoms with Crippen LogP contribution in [-0.2, 0) is 19.1 Å². The van der Waals surface area contributed by atoms with Crippen molar-refractivity contribution in [2.75, 3.05) is 6.54 Å². The van der Waals surface area contributed by atoms with Gasteiger partial charge >= 0.3 is 141 Å². The van der Waals surface area contributed by atoms with Crippen LogP contribution in [-0.4, -0.2) is 89.1 Å². The molecule has 32 heavy (non-hydrogen) atoms. The van der Waals surface area contributed by atoms with Crippen LogP contribution in [0.25, 0.3) is 0 Å². The van der Waals surface area contributed by atoms with Gasteiger partial charge in [0, 0.05) is 12.8 Å². The van der Waals surface area contributed by atoms with Crippen molar-refractivity contribution in [2.24, 2.45) is 0 Å². The molecule has 0 fully saturated rings. The van der Waals surface area contributed by atoms with Gasteiger partial charge in [-0.15, -0.1) is 0 Å². The van der Waals surface area contributed by atoms with Gasteiger partial charge in [0.1, 0.15) is 0 Å². The second-order valence-corrected chi connectivity index (χ2v) is 7.74. The van der Waals surface area contributed by atoms with Gasteiger partial charge in [-0.05, 0) is 0 Å². The summed E-state index contributed by atoms with van der Waals surface area (Å²) in [6.07, 6.45) is -0.124. The first-order valence-electron chi connectivity index (χ1n) is 9.64. The summed E-state index contributed by atoms with van der Waals surface area (Å²) in [6, 6.07) is 0.370. The molecular formula is C19H24AlN3O9. The number of nitrogens with zero attached hydrogens (tertiary/aromatic N) is 1. The van der Waals surface area contributed by atoms with E-state index in [0.29, 0.717) is 18.4 Å². The number of amides is 2. The molecule has 1 rings (SSSR count). The molecule has 0 aromatic carbocycles. The molecule has 1 heterocycles. The summed E-state index contributed by atoms with van der Waals surface area (Å²) in [4.78, 5) is 60.9. The van der Waals surface area contributed by atoms with Crippen molar-refractivity contribution < 1.29 is 44.0 Å². The number of nitrogens with one attached hydrogen (secondary N) is 2. The van der Waals surface area contributed by atoms with Gasteiger partial charge < -0.3 is 14.9 Å². The second-order valence-electron chi connectivity index (χ2n) is 6.66. The number of rotatable bonds is 14. The van der Waals surface area contributed by atoms with Crippen LogP contribution in [0.1, 0.15) is 42.5 Å². The van der Waals surface area contributed by atoms with Crippen LogP contribution < -0.4 is 15.1 Å². The van der Waals surface area contributed by atoms with E-state index in [2.05, 4.69) is 25.7 Å². The number of carboxylic acids is 3. The molecule has 5 N–H and O–H groups in total. The van der Waals surface area contributed by atoms with Crippen molar-refractivity contribution in [1.29, 1.82) is 0 Å². The van der Waals surface area contributed by atoms with Crippen LogP contribution in [0.2, 0.25) is 0 Å². The maximum absolute atomic E-state index is 12.1.